The number of hydrogen-bond acceptors (Lipinski definition) is 2. The van der Waals surface area contributed by atoms with E-state index < -0.39 is 8.32 Å². The van der Waals surface area contributed by atoms with Crippen LogP contribution in [0.4, 0.5) is 0 Å². The number of ketones is 1. The van der Waals surface area contributed by atoms with Crippen LogP contribution < -0.4 is 0 Å². The summed E-state index contributed by atoms with van der Waals surface area (Å²) in [6, 6.07) is 11.1. The lowest BCUT2D eigenvalue weighted by Gasteiger charge is -2.61. The third kappa shape index (κ3) is 4.23. The van der Waals surface area contributed by atoms with Crippen LogP contribution in [-0.4, -0.2) is 20.2 Å². The Labute approximate surface area is 215 Å². The van der Waals surface area contributed by atoms with E-state index in [4.69, 9.17) is 4.43 Å². The molecule has 0 saturated heterocycles. The number of carbonyl (C=O) groups is 1. The molecule has 3 fully saturated rings. The molecular formula is C32H48O2Si. The van der Waals surface area contributed by atoms with E-state index in [0.717, 1.165) is 37.5 Å². The lowest BCUT2D eigenvalue weighted by molar-refractivity contribution is -0.119. The monoisotopic (exact) mass is 492 g/mol. The molecule has 3 saturated carbocycles. The number of rotatable bonds is 4. The number of allylic oxidation sites excluding steroid dienone is 1. The third-order valence-corrected chi connectivity index (χ3v) is 16.1. The van der Waals surface area contributed by atoms with Crippen LogP contribution in [0.15, 0.2) is 42.0 Å². The molecule has 4 aliphatic rings. The van der Waals surface area contributed by atoms with E-state index in [1.165, 1.54) is 36.8 Å². The topological polar surface area (TPSA) is 26.3 Å². The van der Waals surface area contributed by atoms with Gasteiger partial charge in [0.05, 0.1) is 6.10 Å². The van der Waals surface area contributed by atoms with Crippen molar-refractivity contribution in [3.05, 3.63) is 47.5 Å². The van der Waals surface area contributed by atoms with Crippen molar-refractivity contribution in [3.63, 3.8) is 0 Å². The minimum absolute atomic E-state index is 0.214. The predicted octanol–water partition coefficient (Wildman–Crippen LogP) is 8.38. The molecule has 0 heterocycles. The van der Waals surface area contributed by atoms with E-state index >= 15 is 0 Å². The quantitative estimate of drug-likeness (QED) is 0.395. The molecule has 0 bridgehead atoms. The number of hydrogen-bond donors (Lipinski definition) is 0. The van der Waals surface area contributed by atoms with Crippen LogP contribution in [0.3, 0.4) is 0 Å². The Balaban J connectivity index is 1.50. The molecule has 0 amide bonds. The van der Waals surface area contributed by atoms with Gasteiger partial charge in [-0.15, -0.1) is 0 Å². The summed E-state index contributed by atoms with van der Waals surface area (Å²) >= 11 is 0. The highest BCUT2D eigenvalue weighted by molar-refractivity contribution is 6.74. The average molecular weight is 493 g/mol. The molecule has 4 aliphatic carbocycles. The van der Waals surface area contributed by atoms with Gasteiger partial charge < -0.3 is 4.43 Å². The Morgan fingerprint density at radius 1 is 1.00 bits per heavy atom. The minimum Gasteiger partial charge on any atom is -0.413 e. The van der Waals surface area contributed by atoms with Crippen LogP contribution in [0.1, 0.15) is 85.1 Å². The standard InChI is InChI=1S/C32H48O2Si/c1-30(2,3)35(6,7)34-28-14-13-26-29-23(19-22-11-9-8-10-12-22)20-24-21-25(33)15-17-31(24,4)27(29)16-18-32(26,28)5/h8-12,21,23,26-29H,13-20H2,1-7H3/t23-,26+,27+,28+,29+,31+,32+/m1/s1. The Hall–Kier alpha value is -1.19. The van der Waals surface area contributed by atoms with Gasteiger partial charge in [0, 0.05) is 6.42 Å². The van der Waals surface area contributed by atoms with E-state index in [2.05, 4.69) is 84.1 Å². The van der Waals surface area contributed by atoms with E-state index in [1.54, 1.807) is 0 Å². The summed E-state index contributed by atoms with van der Waals surface area (Å²) in [6.07, 6.45) is 11.7. The van der Waals surface area contributed by atoms with Gasteiger partial charge in [0.25, 0.3) is 0 Å². The summed E-state index contributed by atoms with van der Waals surface area (Å²) in [6.45, 7) is 17.1. The molecule has 1 aromatic carbocycles. The molecule has 0 radical (unpaired) electrons. The molecule has 0 spiro atoms. The van der Waals surface area contributed by atoms with Gasteiger partial charge in [0.15, 0.2) is 14.1 Å². The van der Waals surface area contributed by atoms with Crippen molar-refractivity contribution in [2.45, 2.75) is 110 Å². The van der Waals surface area contributed by atoms with Gasteiger partial charge >= 0.3 is 0 Å². The van der Waals surface area contributed by atoms with Gasteiger partial charge in [0.1, 0.15) is 0 Å². The molecule has 1 aromatic rings. The normalized spacial score (nSPS) is 39.5. The molecular weight excluding hydrogens is 444 g/mol. The molecule has 5 rings (SSSR count). The fourth-order valence-electron chi connectivity index (χ4n) is 8.51. The fraction of sp³-hybridized carbons (Fsp3) is 0.719. The Morgan fingerprint density at radius 3 is 2.40 bits per heavy atom. The first kappa shape index (κ1) is 25.5. The molecule has 0 N–H and O–H groups in total. The largest absolute Gasteiger partial charge is 0.413 e. The van der Waals surface area contributed by atoms with E-state index in [0.29, 0.717) is 23.7 Å². The van der Waals surface area contributed by atoms with Crippen molar-refractivity contribution in [3.8, 4) is 0 Å². The van der Waals surface area contributed by atoms with Gasteiger partial charge in [-0.05, 0) is 109 Å². The number of carbonyl (C=O) groups excluding carboxylic acids is 1. The second kappa shape index (κ2) is 8.69. The number of fused-ring (bicyclic) bond motifs is 5. The highest BCUT2D eigenvalue weighted by Gasteiger charge is 2.62. The lowest BCUT2D eigenvalue weighted by Crippen LogP contribution is -2.56. The lowest BCUT2D eigenvalue weighted by atomic mass is 9.44. The maximum absolute atomic E-state index is 12.5. The molecule has 2 nitrogen and oxygen atoms in total. The molecule has 7 atom stereocenters. The zero-order valence-electron chi connectivity index (χ0n) is 23.3. The van der Waals surface area contributed by atoms with Crippen molar-refractivity contribution in [2.75, 3.05) is 0 Å². The molecule has 0 aliphatic heterocycles. The maximum Gasteiger partial charge on any atom is 0.192 e. The predicted molar refractivity (Wildman–Crippen MR) is 148 cm³/mol. The molecule has 192 valence electrons. The molecule has 3 heteroatoms. The first-order valence-corrected chi connectivity index (χ1v) is 17.2. The maximum atomic E-state index is 12.5. The smallest absolute Gasteiger partial charge is 0.192 e. The van der Waals surface area contributed by atoms with Gasteiger partial charge in [-0.25, -0.2) is 0 Å². The van der Waals surface area contributed by atoms with Crippen LogP contribution in [0.25, 0.3) is 0 Å². The SMILES string of the molecule is CC(C)(C)[Si](C)(C)O[C@H]1CC[C@H]2[C@@H]3[C@H](Cc4ccccc4)CC4=CC(=O)CC[C@]4(C)[C@H]3CC[C@]12C. The zero-order chi connectivity index (χ0) is 25.2. The summed E-state index contributed by atoms with van der Waals surface area (Å²) in [5, 5.41) is 0.251. The molecule has 35 heavy (non-hydrogen) atoms. The van der Waals surface area contributed by atoms with Crippen molar-refractivity contribution >= 4 is 14.1 Å². The highest BCUT2D eigenvalue weighted by Crippen LogP contribution is 2.67. The van der Waals surface area contributed by atoms with E-state index in [-0.39, 0.29) is 15.9 Å². The van der Waals surface area contributed by atoms with Crippen LogP contribution in [0.2, 0.25) is 18.1 Å². The van der Waals surface area contributed by atoms with Crippen LogP contribution in [0.5, 0.6) is 0 Å². The van der Waals surface area contributed by atoms with Crippen molar-refractivity contribution < 1.29 is 9.22 Å². The average Bonchev–Trinajstić information content (AvgIpc) is 3.10. The van der Waals surface area contributed by atoms with Gasteiger partial charge in [0.2, 0.25) is 0 Å². The third-order valence-electron chi connectivity index (χ3n) is 11.6. The molecule has 0 aromatic heterocycles. The van der Waals surface area contributed by atoms with Crippen molar-refractivity contribution in [1.82, 2.24) is 0 Å². The minimum atomic E-state index is -1.81. The van der Waals surface area contributed by atoms with E-state index in [1.807, 2.05) is 0 Å². The second-order valence-electron chi connectivity index (χ2n) is 14.5. The summed E-state index contributed by atoms with van der Waals surface area (Å²) in [5.74, 6) is 3.16. The summed E-state index contributed by atoms with van der Waals surface area (Å²) < 4.78 is 7.20. The van der Waals surface area contributed by atoms with E-state index in [9.17, 15) is 4.79 Å². The summed E-state index contributed by atoms with van der Waals surface area (Å²) in [5.41, 5.74) is 3.44. The van der Waals surface area contributed by atoms with Gasteiger partial charge in [-0.1, -0.05) is 70.5 Å². The van der Waals surface area contributed by atoms with Gasteiger partial charge in [-0.3, -0.25) is 4.79 Å². The highest BCUT2D eigenvalue weighted by atomic mass is 28.4. The summed E-state index contributed by atoms with van der Waals surface area (Å²) in [7, 11) is -1.81. The number of benzene rings is 1. The Kier molecular flexibility index (Phi) is 6.32. The van der Waals surface area contributed by atoms with Crippen molar-refractivity contribution in [1.29, 1.82) is 0 Å². The fourth-order valence-corrected chi connectivity index (χ4v) is 9.96. The Morgan fingerprint density at radius 2 is 1.71 bits per heavy atom. The van der Waals surface area contributed by atoms with Crippen LogP contribution in [-0.2, 0) is 15.6 Å². The van der Waals surface area contributed by atoms with Crippen LogP contribution >= 0.6 is 0 Å². The Bertz CT molecular complexity index is 989. The zero-order valence-corrected chi connectivity index (χ0v) is 24.3. The summed E-state index contributed by atoms with van der Waals surface area (Å²) in [4.78, 5) is 12.5. The second-order valence-corrected chi connectivity index (χ2v) is 19.2. The van der Waals surface area contributed by atoms with Crippen LogP contribution in [0, 0.1) is 34.5 Å². The molecule has 0 unspecified atom stereocenters. The first-order chi connectivity index (χ1) is 16.3. The van der Waals surface area contributed by atoms with Gasteiger partial charge in [-0.2, -0.15) is 0 Å². The first-order valence-electron chi connectivity index (χ1n) is 14.3. The van der Waals surface area contributed by atoms with Crippen molar-refractivity contribution in [2.24, 2.45) is 34.5 Å².